The van der Waals surface area contributed by atoms with Gasteiger partial charge >= 0.3 is 0 Å². The summed E-state index contributed by atoms with van der Waals surface area (Å²) in [6, 6.07) is 31.7. The first-order valence-electron chi connectivity index (χ1n) is 11.1. The SMILES string of the molecule is c1ccc2c(c1)Cc1c-2ccc2c3ccc4c(c3n3cccc3c12)Cc1ccccc1-4. The molecule has 4 aromatic carbocycles. The summed E-state index contributed by atoms with van der Waals surface area (Å²) in [5.41, 5.74) is 14.1. The Hall–Kier alpha value is -3.84. The van der Waals surface area contributed by atoms with Gasteiger partial charge in [0.1, 0.15) is 0 Å². The van der Waals surface area contributed by atoms with Crippen molar-refractivity contribution < 1.29 is 0 Å². The van der Waals surface area contributed by atoms with Crippen molar-refractivity contribution in [3.8, 4) is 22.3 Å². The largest absolute Gasteiger partial charge is 0.316 e. The minimum atomic E-state index is 1.01. The summed E-state index contributed by atoms with van der Waals surface area (Å²) in [5.74, 6) is 0. The van der Waals surface area contributed by atoms with E-state index in [1.54, 1.807) is 0 Å². The number of pyridine rings is 1. The first-order chi connectivity index (χ1) is 15.4. The third-order valence-corrected chi connectivity index (χ3v) is 7.48. The quantitative estimate of drug-likeness (QED) is 0.237. The van der Waals surface area contributed by atoms with Crippen LogP contribution in [0.1, 0.15) is 22.3 Å². The zero-order valence-corrected chi connectivity index (χ0v) is 17.0. The summed E-state index contributed by atoms with van der Waals surface area (Å²) in [5, 5.41) is 4.16. The topological polar surface area (TPSA) is 4.41 Å². The Morgan fingerprint density at radius 1 is 0.516 bits per heavy atom. The van der Waals surface area contributed by atoms with Crippen molar-refractivity contribution >= 4 is 27.2 Å². The van der Waals surface area contributed by atoms with E-state index >= 15 is 0 Å². The standard InChI is InChI=1S/C30H19N/c1-3-8-20-18(6-1)16-26-22(20)11-13-24-25-14-12-23-21-9-4-2-7-19(21)17-27(23)30(25)31-15-5-10-28(31)29(24)26/h1-15H,16-17H2. The molecule has 31 heavy (non-hydrogen) atoms. The van der Waals surface area contributed by atoms with Gasteiger partial charge in [-0.2, -0.15) is 0 Å². The molecule has 0 radical (unpaired) electrons. The van der Waals surface area contributed by atoms with Crippen LogP contribution in [0.15, 0.2) is 91.1 Å². The molecule has 2 aliphatic rings. The van der Waals surface area contributed by atoms with Gasteiger partial charge in [0.05, 0.1) is 11.0 Å². The highest BCUT2D eigenvalue weighted by Gasteiger charge is 2.26. The maximum absolute atomic E-state index is 2.45. The van der Waals surface area contributed by atoms with Crippen LogP contribution in [-0.4, -0.2) is 4.40 Å². The first kappa shape index (κ1) is 15.9. The number of nitrogens with zero attached hydrogens (tertiary/aromatic N) is 1. The van der Waals surface area contributed by atoms with Gasteiger partial charge in [0.15, 0.2) is 0 Å². The fourth-order valence-corrected chi connectivity index (χ4v) is 6.20. The highest BCUT2D eigenvalue weighted by Crippen LogP contribution is 2.46. The molecule has 1 heteroatoms. The third-order valence-electron chi connectivity index (χ3n) is 7.48. The normalized spacial score (nSPS) is 13.5. The Morgan fingerprint density at radius 2 is 1.16 bits per heavy atom. The van der Waals surface area contributed by atoms with Crippen LogP contribution < -0.4 is 0 Å². The van der Waals surface area contributed by atoms with Crippen molar-refractivity contribution in [3.63, 3.8) is 0 Å². The van der Waals surface area contributed by atoms with E-state index in [4.69, 9.17) is 0 Å². The highest BCUT2D eigenvalue weighted by atomic mass is 14.9. The molecule has 144 valence electrons. The van der Waals surface area contributed by atoms with Crippen LogP contribution in [0.25, 0.3) is 49.4 Å². The number of fused-ring (bicyclic) bond motifs is 14. The fraction of sp³-hybridized carbons (Fsp3) is 0.0667. The smallest absolute Gasteiger partial charge is 0.0575 e. The van der Waals surface area contributed by atoms with Gasteiger partial charge < -0.3 is 4.40 Å². The lowest BCUT2D eigenvalue weighted by Crippen LogP contribution is -1.97. The second-order valence-electron chi connectivity index (χ2n) is 8.93. The molecule has 0 spiro atoms. The van der Waals surface area contributed by atoms with Gasteiger partial charge in [-0.15, -0.1) is 0 Å². The number of rotatable bonds is 0. The molecule has 0 saturated heterocycles. The molecule has 0 saturated carbocycles. The second-order valence-corrected chi connectivity index (χ2v) is 8.93. The minimum absolute atomic E-state index is 1.01. The third kappa shape index (κ3) is 1.88. The van der Waals surface area contributed by atoms with Crippen LogP contribution in [0.2, 0.25) is 0 Å². The van der Waals surface area contributed by atoms with Gasteiger partial charge in [0.25, 0.3) is 0 Å². The van der Waals surface area contributed by atoms with Crippen molar-refractivity contribution in [2.75, 3.05) is 0 Å². The molecule has 1 nitrogen and oxygen atoms in total. The molecule has 0 fully saturated rings. The van der Waals surface area contributed by atoms with E-state index in [0.717, 1.165) is 12.8 Å². The van der Waals surface area contributed by atoms with Crippen molar-refractivity contribution in [2.24, 2.45) is 0 Å². The monoisotopic (exact) mass is 393 g/mol. The Labute approximate surface area is 180 Å². The van der Waals surface area contributed by atoms with Gasteiger partial charge in [0.2, 0.25) is 0 Å². The van der Waals surface area contributed by atoms with Crippen LogP contribution in [-0.2, 0) is 12.8 Å². The van der Waals surface area contributed by atoms with Crippen molar-refractivity contribution in [2.45, 2.75) is 12.8 Å². The Balaban J connectivity index is 1.54. The molecule has 0 bridgehead atoms. The molecule has 6 aromatic rings. The predicted octanol–water partition coefficient (Wildman–Crippen LogP) is 7.39. The molecule has 0 N–H and O–H groups in total. The Bertz CT molecular complexity index is 1600. The predicted molar refractivity (Wildman–Crippen MR) is 129 cm³/mol. The van der Waals surface area contributed by atoms with Gasteiger partial charge in [-0.05, 0) is 68.4 Å². The van der Waals surface area contributed by atoms with Crippen LogP contribution in [0.4, 0.5) is 0 Å². The second kappa shape index (κ2) is 5.44. The van der Waals surface area contributed by atoms with Gasteiger partial charge in [-0.1, -0.05) is 72.8 Å². The lowest BCUT2D eigenvalue weighted by Gasteiger charge is -2.16. The van der Waals surface area contributed by atoms with Crippen LogP contribution in [0.3, 0.4) is 0 Å². The Morgan fingerprint density at radius 3 is 1.94 bits per heavy atom. The summed E-state index contributed by atoms with van der Waals surface area (Å²) in [7, 11) is 0. The van der Waals surface area contributed by atoms with E-state index in [2.05, 4.69) is 95.5 Å². The summed E-state index contributed by atoms with van der Waals surface area (Å²) in [6.45, 7) is 0. The van der Waals surface area contributed by atoms with Crippen LogP contribution in [0, 0.1) is 0 Å². The van der Waals surface area contributed by atoms with E-state index in [0.29, 0.717) is 0 Å². The lowest BCUT2D eigenvalue weighted by molar-refractivity contribution is 1.21. The van der Waals surface area contributed by atoms with E-state index in [1.807, 2.05) is 0 Å². The van der Waals surface area contributed by atoms with Crippen molar-refractivity contribution in [1.29, 1.82) is 0 Å². The Kier molecular flexibility index (Phi) is 2.80. The summed E-state index contributed by atoms with van der Waals surface area (Å²) < 4.78 is 2.45. The average Bonchev–Trinajstić information content (AvgIpc) is 3.53. The van der Waals surface area contributed by atoms with E-state index in [9.17, 15) is 0 Å². The summed E-state index contributed by atoms with van der Waals surface area (Å²) >= 11 is 0. The highest BCUT2D eigenvalue weighted by molar-refractivity contribution is 6.17. The zero-order chi connectivity index (χ0) is 20.1. The summed E-state index contributed by atoms with van der Waals surface area (Å²) in [4.78, 5) is 0. The average molecular weight is 393 g/mol. The van der Waals surface area contributed by atoms with Gasteiger partial charge in [-0.25, -0.2) is 0 Å². The maximum Gasteiger partial charge on any atom is 0.0575 e. The van der Waals surface area contributed by atoms with Crippen molar-refractivity contribution in [3.05, 3.63) is 113 Å². The molecule has 0 aliphatic heterocycles. The van der Waals surface area contributed by atoms with Gasteiger partial charge in [-0.3, -0.25) is 0 Å². The van der Waals surface area contributed by atoms with Crippen LogP contribution in [0.5, 0.6) is 0 Å². The molecule has 0 amide bonds. The number of aromatic nitrogens is 1. The maximum atomic E-state index is 2.45. The molecule has 2 aliphatic carbocycles. The zero-order valence-electron chi connectivity index (χ0n) is 17.0. The van der Waals surface area contributed by atoms with E-state index < -0.39 is 0 Å². The summed E-state index contributed by atoms with van der Waals surface area (Å²) in [6.07, 6.45) is 4.28. The molecule has 2 aromatic heterocycles. The lowest BCUT2D eigenvalue weighted by atomic mass is 9.94. The van der Waals surface area contributed by atoms with E-state index in [-0.39, 0.29) is 0 Å². The first-order valence-corrected chi connectivity index (χ1v) is 11.1. The molecule has 0 atom stereocenters. The molecule has 0 unspecified atom stereocenters. The molecule has 2 heterocycles. The fourth-order valence-electron chi connectivity index (χ4n) is 6.20. The minimum Gasteiger partial charge on any atom is -0.316 e. The molecular formula is C30H19N. The molecular weight excluding hydrogens is 374 g/mol. The van der Waals surface area contributed by atoms with E-state index in [1.165, 1.54) is 71.7 Å². The van der Waals surface area contributed by atoms with Gasteiger partial charge in [0, 0.05) is 23.4 Å². The molecule has 8 rings (SSSR count). The number of benzene rings is 4. The van der Waals surface area contributed by atoms with Crippen molar-refractivity contribution in [1.82, 2.24) is 4.40 Å². The number of hydrogen-bond acceptors (Lipinski definition) is 0. The van der Waals surface area contributed by atoms with Crippen LogP contribution >= 0.6 is 0 Å². The number of hydrogen-bond donors (Lipinski definition) is 0.